The number of anilines is 2. The van der Waals surface area contributed by atoms with Crippen LogP contribution in [0.3, 0.4) is 0 Å². The van der Waals surface area contributed by atoms with Gasteiger partial charge in [-0.15, -0.1) is 12.4 Å². The Balaban J connectivity index is 0.00000182. The van der Waals surface area contributed by atoms with Crippen molar-refractivity contribution in [1.82, 2.24) is 9.97 Å². The Labute approximate surface area is 150 Å². The number of fused-ring (bicyclic) bond motifs is 3. The number of rotatable bonds is 4. The molecule has 128 valence electrons. The van der Waals surface area contributed by atoms with Gasteiger partial charge in [-0.25, -0.2) is 9.97 Å². The molecule has 0 radical (unpaired) electrons. The molecule has 0 fully saturated rings. The fourth-order valence-corrected chi connectivity index (χ4v) is 2.64. The third-order valence-electron chi connectivity index (χ3n) is 3.82. The monoisotopic (exact) mass is 357 g/mol. The Morgan fingerprint density at radius 2 is 1.84 bits per heavy atom. The quantitative estimate of drug-likeness (QED) is 0.577. The first-order valence-corrected chi connectivity index (χ1v) is 7.41. The number of benzene rings is 2. The predicted octanol–water partition coefficient (Wildman–Crippen LogP) is 4.56. The van der Waals surface area contributed by atoms with Gasteiger partial charge in [0, 0.05) is 11.5 Å². The van der Waals surface area contributed by atoms with Crippen molar-refractivity contribution in [2.24, 2.45) is 0 Å². The van der Waals surface area contributed by atoms with Crippen molar-refractivity contribution in [3.8, 4) is 11.5 Å². The van der Waals surface area contributed by atoms with Crippen LogP contribution in [0.1, 0.15) is 0 Å². The van der Waals surface area contributed by atoms with Crippen molar-refractivity contribution >= 4 is 46.0 Å². The van der Waals surface area contributed by atoms with Gasteiger partial charge in [-0.1, -0.05) is 12.1 Å². The normalized spacial score (nSPS) is 10.5. The van der Waals surface area contributed by atoms with Gasteiger partial charge >= 0.3 is 0 Å². The molecule has 2 heterocycles. The van der Waals surface area contributed by atoms with Gasteiger partial charge in [0.1, 0.15) is 28.9 Å². The first-order chi connectivity index (χ1) is 11.8. The maximum atomic E-state index is 5.92. The molecular formula is C18H16ClN3O3. The number of aromatic nitrogens is 2. The molecule has 0 bridgehead atoms. The van der Waals surface area contributed by atoms with E-state index in [2.05, 4.69) is 15.3 Å². The highest BCUT2D eigenvalue weighted by Crippen LogP contribution is 2.35. The number of methoxy groups -OCH3 is 2. The van der Waals surface area contributed by atoms with E-state index in [1.165, 1.54) is 6.33 Å². The summed E-state index contributed by atoms with van der Waals surface area (Å²) in [7, 11) is 3.22. The van der Waals surface area contributed by atoms with Crippen molar-refractivity contribution in [2.45, 2.75) is 0 Å². The van der Waals surface area contributed by atoms with Gasteiger partial charge in [0.25, 0.3) is 0 Å². The number of ether oxygens (including phenoxy) is 2. The molecule has 2 aromatic heterocycles. The van der Waals surface area contributed by atoms with Gasteiger partial charge in [-0.05, 0) is 24.3 Å². The molecule has 0 unspecified atom stereocenters. The lowest BCUT2D eigenvalue weighted by molar-refractivity contribution is 0.395. The van der Waals surface area contributed by atoms with E-state index < -0.39 is 0 Å². The molecule has 0 saturated heterocycles. The summed E-state index contributed by atoms with van der Waals surface area (Å²) in [5.74, 6) is 1.95. The van der Waals surface area contributed by atoms with Crippen LogP contribution in [0.4, 0.5) is 11.5 Å². The highest BCUT2D eigenvalue weighted by Gasteiger charge is 2.14. The second-order valence-electron chi connectivity index (χ2n) is 5.19. The Bertz CT molecular complexity index is 1030. The molecule has 0 aliphatic rings. The van der Waals surface area contributed by atoms with E-state index in [1.54, 1.807) is 20.3 Å². The summed E-state index contributed by atoms with van der Waals surface area (Å²) < 4.78 is 16.6. The Hall–Kier alpha value is -2.99. The van der Waals surface area contributed by atoms with E-state index in [0.717, 1.165) is 22.2 Å². The van der Waals surface area contributed by atoms with Crippen LogP contribution in [-0.4, -0.2) is 24.2 Å². The minimum Gasteiger partial charge on any atom is -0.497 e. The van der Waals surface area contributed by atoms with Crippen molar-refractivity contribution in [3.05, 3.63) is 48.8 Å². The average molecular weight is 358 g/mol. The number of nitrogens with one attached hydrogen (secondary N) is 1. The van der Waals surface area contributed by atoms with Gasteiger partial charge in [-0.2, -0.15) is 0 Å². The van der Waals surface area contributed by atoms with Gasteiger partial charge in [0.15, 0.2) is 11.4 Å². The molecule has 4 aromatic rings. The number of furan rings is 1. The first-order valence-electron chi connectivity index (χ1n) is 7.41. The Kier molecular flexibility index (Phi) is 4.63. The third kappa shape index (κ3) is 2.92. The molecule has 0 atom stereocenters. The minimum atomic E-state index is 0. The van der Waals surface area contributed by atoms with Crippen LogP contribution in [0, 0.1) is 0 Å². The van der Waals surface area contributed by atoms with E-state index in [-0.39, 0.29) is 12.4 Å². The number of hydrogen-bond acceptors (Lipinski definition) is 6. The molecule has 0 saturated carbocycles. The Morgan fingerprint density at radius 3 is 2.64 bits per heavy atom. The first kappa shape index (κ1) is 16.9. The molecule has 0 spiro atoms. The molecule has 4 rings (SSSR count). The molecular weight excluding hydrogens is 342 g/mol. The van der Waals surface area contributed by atoms with Crippen molar-refractivity contribution in [1.29, 1.82) is 0 Å². The average Bonchev–Trinajstić information content (AvgIpc) is 3.02. The van der Waals surface area contributed by atoms with Crippen molar-refractivity contribution in [3.63, 3.8) is 0 Å². The second-order valence-corrected chi connectivity index (χ2v) is 5.19. The van der Waals surface area contributed by atoms with Gasteiger partial charge in [0.05, 0.1) is 19.9 Å². The zero-order chi connectivity index (χ0) is 16.5. The fraction of sp³-hybridized carbons (Fsp3) is 0.111. The van der Waals surface area contributed by atoms with E-state index in [9.17, 15) is 0 Å². The molecule has 0 amide bonds. The number of nitrogens with zero attached hydrogens (tertiary/aromatic N) is 2. The number of hydrogen-bond donors (Lipinski definition) is 1. The molecule has 25 heavy (non-hydrogen) atoms. The summed E-state index contributed by atoms with van der Waals surface area (Å²) in [4.78, 5) is 8.66. The molecule has 6 nitrogen and oxygen atoms in total. The predicted molar refractivity (Wildman–Crippen MR) is 99.4 cm³/mol. The topological polar surface area (TPSA) is 69.4 Å². The summed E-state index contributed by atoms with van der Waals surface area (Å²) in [6.07, 6.45) is 1.52. The van der Waals surface area contributed by atoms with Crippen LogP contribution >= 0.6 is 12.4 Å². The third-order valence-corrected chi connectivity index (χ3v) is 3.82. The molecule has 0 aliphatic carbocycles. The maximum Gasteiger partial charge on any atom is 0.196 e. The minimum absolute atomic E-state index is 0. The summed E-state index contributed by atoms with van der Waals surface area (Å²) in [5.41, 5.74) is 2.92. The lowest BCUT2D eigenvalue weighted by Gasteiger charge is -2.11. The highest BCUT2D eigenvalue weighted by molar-refractivity contribution is 6.05. The zero-order valence-corrected chi connectivity index (χ0v) is 14.5. The molecule has 0 aliphatic heterocycles. The standard InChI is InChI=1S/C18H15N3O3.ClH/c1-22-11-7-8-13(15(9-11)23-2)21-18-17-16(19-10-20-18)12-5-3-4-6-14(12)24-17;/h3-10H,1-2H3,(H,19,20,21);1H. The smallest absolute Gasteiger partial charge is 0.196 e. The maximum absolute atomic E-state index is 5.92. The van der Waals surface area contributed by atoms with Gasteiger partial charge in [0.2, 0.25) is 0 Å². The number of para-hydroxylation sites is 1. The SMILES string of the molecule is COc1ccc(Nc2ncnc3c2oc2ccccc23)c(OC)c1.Cl. The van der Waals surface area contributed by atoms with Crippen LogP contribution in [0.5, 0.6) is 11.5 Å². The van der Waals surface area contributed by atoms with Crippen molar-refractivity contribution in [2.75, 3.05) is 19.5 Å². The molecule has 1 N–H and O–H groups in total. The van der Waals surface area contributed by atoms with E-state index >= 15 is 0 Å². The molecule has 7 heteroatoms. The number of halogens is 1. The zero-order valence-electron chi connectivity index (χ0n) is 13.6. The van der Waals surface area contributed by atoms with E-state index in [1.807, 2.05) is 36.4 Å². The Morgan fingerprint density at radius 1 is 1.00 bits per heavy atom. The lowest BCUT2D eigenvalue weighted by Crippen LogP contribution is -1.98. The molecule has 2 aromatic carbocycles. The van der Waals surface area contributed by atoms with Crippen molar-refractivity contribution < 1.29 is 13.9 Å². The van der Waals surface area contributed by atoms with Crippen LogP contribution in [0.2, 0.25) is 0 Å². The van der Waals surface area contributed by atoms with Crippen LogP contribution in [0.25, 0.3) is 22.1 Å². The van der Waals surface area contributed by atoms with Crippen LogP contribution < -0.4 is 14.8 Å². The lowest BCUT2D eigenvalue weighted by atomic mass is 10.2. The van der Waals surface area contributed by atoms with Crippen LogP contribution in [0.15, 0.2) is 53.2 Å². The summed E-state index contributed by atoms with van der Waals surface area (Å²) in [6, 6.07) is 13.3. The highest BCUT2D eigenvalue weighted by atomic mass is 35.5. The van der Waals surface area contributed by atoms with Crippen LogP contribution in [-0.2, 0) is 0 Å². The summed E-state index contributed by atoms with van der Waals surface area (Å²) >= 11 is 0. The largest absolute Gasteiger partial charge is 0.497 e. The summed E-state index contributed by atoms with van der Waals surface area (Å²) in [5, 5.41) is 4.21. The van der Waals surface area contributed by atoms with E-state index in [0.29, 0.717) is 22.9 Å². The fourth-order valence-electron chi connectivity index (χ4n) is 2.64. The van der Waals surface area contributed by atoms with Gasteiger partial charge in [-0.3, -0.25) is 0 Å². The summed E-state index contributed by atoms with van der Waals surface area (Å²) in [6.45, 7) is 0. The van der Waals surface area contributed by atoms with E-state index in [4.69, 9.17) is 13.9 Å². The second kappa shape index (κ2) is 6.86. The van der Waals surface area contributed by atoms with Gasteiger partial charge < -0.3 is 19.2 Å².